The molecule has 122 valence electrons. The maximum absolute atomic E-state index is 12.3. The standard InChI is InChI=1S/C17H26N2O3/c1-10(2)16(19-17(20)11(3)12(4)18)13-5-6-14-15(9-13)22-8-7-21-14/h5-6,9-12,16H,7-8,18H2,1-4H3,(H,19,20). The molecule has 1 aliphatic heterocycles. The number of rotatable bonds is 5. The normalized spacial score (nSPS) is 17.7. The van der Waals surface area contributed by atoms with Crippen molar-refractivity contribution < 1.29 is 14.3 Å². The van der Waals surface area contributed by atoms with E-state index in [-0.39, 0.29) is 29.8 Å². The molecule has 0 bridgehead atoms. The van der Waals surface area contributed by atoms with Crippen LogP contribution in [0.3, 0.4) is 0 Å². The molecule has 3 unspecified atom stereocenters. The number of carbonyl (C=O) groups excluding carboxylic acids is 1. The summed E-state index contributed by atoms with van der Waals surface area (Å²) in [5.74, 6) is 1.51. The summed E-state index contributed by atoms with van der Waals surface area (Å²) in [4.78, 5) is 12.3. The second-order valence-electron chi connectivity index (χ2n) is 6.28. The summed E-state index contributed by atoms with van der Waals surface area (Å²) in [6.07, 6.45) is 0. The second-order valence-corrected chi connectivity index (χ2v) is 6.28. The highest BCUT2D eigenvalue weighted by Gasteiger charge is 2.24. The summed E-state index contributed by atoms with van der Waals surface area (Å²) in [7, 11) is 0. The van der Waals surface area contributed by atoms with Crippen LogP contribution in [0.4, 0.5) is 0 Å². The Kier molecular flexibility index (Phi) is 5.29. The average molecular weight is 306 g/mol. The molecule has 5 nitrogen and oxygen atoms in total. The van der Waals surface area contributed by atoms with Crippen LogP contribution in [0.1, 0.15) is 39.3 Å². The third-order valence-corrected chi connectivity index (χ3v) is 4.09. The summed E-state index contributed by atoms with van der Waals surface area (Å²) in [5.41, 5.74) is 6.84. The first kappa shape index (κ1) is 16.6. The van der Waals surface area contributed by atoms with E-state index in [2.05, 4.69) is 19.2 Å². The van der Waals surface area contributed by atoms with Crippen molar-refractivity contribution in [2.75, 3.05) is 13.2 Å². The highest BCUT2D eigenvalue weighted by molar-refractivity contribution is 5.79. The fourth-order valence-corrected chi connectivity index (χ4v) is 2.41. The lowest BCUT2D eigenvalue weighted by molar-refractivity contribution is -0.126. The predicted octanol–water partition coefficient (Wildman–Crippen LogP) is 2.25. The molecule has 0 aliphatic carbocycles. The van der Waals surface area contributed by atoms with E-state index in [4.69, 9.17) is 15.2 Å². The van der Waals surface area contributed by atoms with E-state index in [1.807, 2.05) is 32.0 Å². The van der Waals surface area contributed by atoms with Crippen LogP contribution >= 0.6 is 0 Å². The van der Waals surface area contributed by atoms with Gasteiger partial charge >= 0.3 is 0 Å². The van der Waals surface area contributed by atoms with Gasteiger partial charge in [-0.2, -0.15) is 0 Å². The number of nitrogens with two attached hydrogens (primary N) is 1. The van der Waals surface area contributed by atoms with Gasteiger partial charge in [-0.1, -0.05) is 26.8 Å². The molecule has 1 aromatic rings. The Labute approximate surface area is 132 Å². The van der Waals surface area contributed by atoms with E-state index in [0.717, 1.165) is 17.1 Å². The van der Waals surface area contributed by atoms with Crippen molar-refractivity contribution in [2.45, 2.75) is 39.8 Å². The van der Waals surface area contributed by atoms with Crippen LogP contribution in [0.5, 0.6) is 11.5 Å². The molecular weight excluding hydrogens is 280 g/mol. The number of ether oxygens (including phenoxy) is 2. The van der Waals surface area contributed by atoms with Crippen molar-refractivity contribution in [3.05, 3.63) is 23.8 Å². The minimum absolute atomic E-state index is 0.0245. The lowest BCUT2D eigenvalue weighted by Crippen LogP contribution is -2.41. The number of carbonyl (C=O) groups is 1. The molecule has 1 amide bonds. The zero-order valence-corrected chi connectivity index (χ0v) is 13.8. The van der Waals surface area contributed by atoms with Crippen molar-refractivity contribution in [1.29, 1.82) is 0 Å². The summed E-state index contributed by atoms with van der Waals surface area (Å²) < 4.78 is 11.2. The van der Waals surface area contributed by atoms with Gasteiger partial charge in [0.25, 0.3) is 0 Å². The molecule has 0 radical (unpaired) electrons. The first-order valence-electron chi connectivity index (χ1n) is 7.85. The van der Waals surface area contributed by atoms with Crippen LogP contribution in [0.15, 0.2) is 18.2 Å². The summed E-state index contributed by atoms with van der Waals surface area (Å²) in [6, 6.07) is 5.59. The zero-order chi connectivity index (χ0) is 16.3. The van der Waals surface area contributed by atoms with E-state index in [9.17, 15) is 4.79 Å². The number of hydrogen-bond acceptors (Lipinski definition) is 4. The molecule has 1 aliphatic rings. The summed E-state index contributed by atoms with van der Waals surface area (Å²) >= 11 is 0. The first-order chi connectivity index (χ1) is 10.4. The van der Waals surface area contributed by atoms with E-state index < -0.39 is 0 Å². The number of amides is 1. The van der Waals surface area contributed by atoms with Gasteiger partial charge in [0.15, 0.2) is 11.5 Å². The molecule has 22 heavy (non-hydrogen) atoms. The monoisotopic (exact) mass is 306 g/mol. The molecule has 3 atom stereocenters. The second kappa shape index (κ2) is 7.01. The van der Waals surface area contributed by atoms with Gasteiger partial charge in [0.05, 0.1) is 6.04 Å². The SMILES string of the molecule is CC(C)C(NC(=O)C(C)C(C)N)c1ccc2c(c1)OCCO2. The lowest BCUT2D eigenvalue weighted by atomic mass is 9.94. The van der Waals surface area contributed by atoms with Gasteiger partial charge in [0.1, 0.15) is 13.2 Å². The van der Waals surface area contributed by atoms with E-state index in [0.29, 0.717) is 13.2 Å². The van der Waals surface area contributed by atoms with E-state index in [1.165, 1.54) is 0 Å². The number of fused-ring (bicyclic) bond motifs is 1. The Morgan fingerprint density at radius 2 is 1.77 bits per heavy atom. The largest absolute Gasteiger partial charge is 0.486 e. The van der Waals surface area contributed by atoms with Crippen molar-refractivity contribution in [3.63, 3.8) is 0 Å². The highest BCUT2D eigenvalue weighted by Crippen LogP contribution is 2.34. The van der Waals surface area contributed by atoms with Crippen LogP contribution < -0.4 is 20.5 Å². The Balaban J connectivity index is 2.19. The van der Waals surface area contributed by atoms with Gasteiger partial charge in [-0.25, -0.2) is 0 Å². The van der Waals surface area contributed by atoms with Gasteiger partial charge in [-0.05, 0) is 30.5 Å². The Bertz CT molecular complexity index is 529. The minimum Gasteiger partial charge on any atom is -0.486 e. The molecule has 0 fully saturated rings. The summed E-state index contributed by atoms with van der Waals surface area (Å²) in [5, 5.41) is 3.11. The molecule has 0 aromatic heterocycles. The molecule has 1 heterocycles. The van der Waals surface area contributed by atoms with Gasteiger partial charge in [0.2, 0.25) is 5.91 Å². The van der Waals surface area contributed by atoms with E-state index >= 15 is 0 Å². The van der Waals surface area contributed by atoms with Crippen LogP contribution in [0, 0.1) is 11.8 Å². The Hall–Kier alpha value is -1.75. The summed E-state index contributed by atoms with van der Waals surface area (Å²) in [6.45, 7) is 8.98. The third-order valence-electron chi connectivity index (χ3n) is 4.09. The van der Waals surface area contributed by atoms with Gasteiger partial charge in [-0.15, -0.1) is 0 Å². The van der Waals surface area contributed by atoms with Gasteiger partial charge < -0.3 is 20.5 Å². The van der Waals surface area contributed by atoms with Crippen molar-refractivity contribution in [2.24, 2.45) is 17.6 Å². The maximum atomic E-state index is 12.3. The molecular formula is C17H26N2O3. The molecule has 0 saturated heterocycles. The maximum Gasteiger partial charge on any atom is 0.224 e. The van der Waals surface area contributed by atoms with E-state index in [1.54, 1.807) is 0 Å². The first-order valence-corrected chi connectivity index (χ1v) is 7.85. The van der Waals surface area contributed by atoms with Gasteiger partial charge in [0, 0.05) is 12.0 Å². The van der Waals surface area contributed by atoms with Gasteiger partial charge in [-0.3, -0.25) is 4.79 Å². The number of nitrogens with one attached hydrogen (secondary N) is 1. The lowest BCUT2D eigenvalue weighted by Gasteiger charge is -2.27. The van der Waals surface area contributed by atoms with Crippen molar-refractivity contribution in [3.8, 4) is 11.5 Å². The fraction of sp³-hybridized carbons (Fsp3) is 0.588. The highest BCUT2D eigenvalue weighted by atomic mass is 16.6. The van der Waals surface area contributed by atoms with Crippen molar-refractivity contribution >= 4 is 5.91 Å². The molecule has 5 heteroatoms. The number of benzene rings is 1. The molecule has 2 rings (SSSR count). The van der Waals surface area contributed by atoms with Crippen LogP contribution in [0.25, 0.3) is 0 Å². The van der Waals surface area contributed by atoms with Crippen LogP contribution in [0.2, 0.25) is 0 Å². The molecule has 0 saturated carbocycles. The Morgan fingerprint density at radius 3 is 2.36 bits per heavy atom. The molecule has 0 spiro atoms. The molecule has 3 N–H and O–H groups in total. The third kappa shape index (κ3) is 3.71. The smallest absolute Gasteiger partial charge is 0.224 e. The average Bonchev–Trinajstić information content (AvgIpc) is 2.50. The zero-order valence-electron chi connectivity index (χ0n) is 13.8. The Morgan fingerprint density at radius 1 is 1.14 bits per heavy atom. The number of hydrogen-bond donors (Lipinski definition) is 2. The van der Waals surface area contributed by atoms with Crippen LogP contribution in [-0.2, 0) is 4.79 Å². The molecule has 1 aromatic carbocycles. The predicted molar refractivity (Wildman–Crippen MR) is 86.0 cm³/mol. The quantitative estimate of drug-likeness (QED) is 0.875. The topological polar surface area (TPSA) is 73.6 Å². The fourth-order valence-electron chi connectivity index (χ4n) is 2.41. The van der Waals surface area contributed by atoms with Crippen LogP contribution in [-0.4, -0.2) is 25.2 Å². The van der Waals surface area contributed by atoms with Crippen molar-refractivity contribution in [1.82, 2.24) is 5.32 Å². The minimum atomic E-state index is -0.224.